The summed E-state index contributed by atoms with van der Waals surface area (Å²) >= 11 is 3.22. The van der Waals surface area contributed by atoms with Gasteiger partial charge in [0.2, 0.25) is 0 Å². The average molecular weight is 336 g/mol. The molecule has 0 atom stereocenters. The van der Waals surface area contributed by atoms with E-state index in [1.54, 1.807) is 34.9 Å². The molecule has 0 spiro atoms. The van der Waals surface area contributed by atoms with Crippen molar-refractivity contribution in [2.24, 2.45) is 0 Å². The van der Waals surface area contributed by atoms with Gasteiger partial charge in [-0.3, -0.25) is 4.57 Å². The number of rotatable bonds is 2. The summed E-state index contributed by atoms with van der Waals surface area (Å²) in [5.74, 6) is -0.0305. The highest BCUT2D eigenvalue weighted by Crippen LogP contribution is 2.26. The molecule has 0 radical (unpaired) electrons. The van der Waals surface area contributed by atoms with Crippen LogP contribution in [-0.2, 0) is 6.61 Å². The highest BCUT2D eigenvalue weighted by molar-refractivity contribution is 9.10. The number of imidazole rings is 1. The fourth-order valence-corrected chi connectivity index (χ4v) is 2.52. The minimum absolute atomic E-state index is 0.288. The van der Waals surface area contributed by atoms with Crippen LogP contribution in [0.2, 0.25) is 0 Å². The zero-order valence-corrected chi connectivity index (χ0v) is 11.9. The molecule has 0 bridgehead atoms. The molecular weight excluding hydrogens is 325 g/mol. The number of nitrogen functional groups attached to an aromatic ring is 1. The lowest BCUT2D eigenvalue weighted by Crippen LogP contribution is -2.03. The zero-order valence-electron chi connectivity index (χ0n) is 10.3. The third kappa shape index (κ3) is 2.07. The zero-order chi connectivity index (χ0) is 14.3. The van der Waals surface area contributed by atoms with E-state index in [1.807, 2.05) is 0 Å². The van der Waals surface area contributed by atoms with Gasteiger partial charge in [0.05, 0.1) is 16.7 Å². The van der Waals surface area contributed by atoms with Gasteiger partial charge in [-0.1, -0.05) is 15.9 Å². The normalized spacial score (nSPS) is 11.2. The average Bonchev–Trinajstić information content (AvgIpc) is 2.76. The predicted molar refractivity (Wildman–Crippen MR) is 79.1 cm³/mol. The summed E-state index contributed by atoms with van der Waals surface area (Å²) in [7, 11) is 0. The molecule has 0 saturated heterocycles. The predicted octanol–water partition coefficient (Wildman–Crippen LogP) is 3.00. The van der Waals surface area contributed by atoms with Crippen molar-refractivity contribution in [2.45, 2.75) is 6.61 Å². The monoisotopic (exact) mass is 335 g/mol. The van der Waals surface area contributed by atoms with Crippen molar-refractivity contribution in [2.75, 3.05) is 5.73 Å². The SMILES string of the molecule is Nc1ccc2c(c1)nc(CO)n2-c1ccc(Br)cc1F. The number of aliphatic hydroxyl groups is 1. The Morgan fingerprint density at radius 3 is 2.75 bits per heavy atom. The number of hydrogen-bond donors (Lipinski definition) is 2. The molecule has 0 amide bonds. The molecular formula is C14H11BrFN3O. The second-order valence-corrected chi connectivity index (χ2v) is 5.28. The first-order valence-corrected chi connectivity index (χ1v) is 6.72. The number of hydrogen-bond acceptors (Lipinski definition) is 3. The molecule has 0 unspecified atom stereocenters. The third-order valence-corrected chi connectivity index (χ3v) is 3.53. The number of nitrogens with two attached hydrogens (primary N) is 1. The summed E-state index contributed by atoms with van der Waals surface area (Å²) in [4.78, 5) is 4.29. The molecule has 3 rings (SSSR count). The molecule has 3 N–H and O–H groups in total. The number of nitrogens with zero attached hydrogens (tertiary/aromatic N) is 2. The summed E-state index contributed by atoms with van der Waals surface area (Å²) in [5.41, 5.74) is 7.95. The lowest BCUT2D eigenvalue weighted by atomic mass is 10.2. The molecule has 3 aromatic rings. The van der Waals surface area contributed by atoms with Gasteiger partial charge in [0, 0.05) is 10.2 Å². The molecule has 102 valence electrons. The summed E-state index contributed by atoms with van der Waals surface area (Å²) in [6, 6.07) is 9.93. The molecule has 0 aliphatic heterocycles. The second kappa shape index (κ2) is 4.88. The van der Waals surface area contributed by atoms with Crippen LogP contribution in [0.4, 0.5) is 10.1 Å². The maximum Gasteiger partial charge on any atom is 0.148 e. The minimum atomic E-state index is -0.398. The van der Waals surface area contributed by atoms with E-state index in [0.29, 0.717) is 32.7 Å². The van der Waals surface area contributed by atoms with E-state index in [0.717, 1.165) is 0 Å². The molecule has 1 aromatic heterocycles. The van der Waals surface area contributed by atoms with E-state index in [9.17, 15) is 9.50 Å². The van der Waals surface area contributed by atoms with Crippen LogP contribution >= 0.6 is 15.9 Å². The van der Waals surface area contributed by atoms with Crippen molar-refractivity contribution >= 4 is 32.7 Å². The standard InChI is InChI=1S/C14H11BrFN3O/c15-8-1-3-12(10(16)5-8)19-13-4-2-9(17)6-11(13)18-14(19)7-20/h1-6,20H,7,17H2. The minimum Gasteiger partial charge on any atom is -0.399 e. The van der Waals surface area contributed by atoms with E-state index in [-0.39, 0.29) is 6.61 Å². The second-order valence-electron chi connectivity index (χ2n) is 4.37. The highest BCUT2D eigenvalue weighted by atomic mass is 79.9. The van der Waals surface area contributed by atoms with Crippen molar-refractivity contribution in [3.05, 3.63) is 52.5 Å². The first-order valence-electron chi connectivity index (χ1n) is 5.93. The van der Waals surface area contributed by atoms with Gasteiger partial charge in [-0.15, -0.1) is 0 Å². The first kappa shape index (κ1) is 13.1. The first-order chi connectivity index (χ1) is 9.60. The summed E-state index contributed by atoms with van der Waals surface area (Å²) in [5, 5.41) is 9.45. The van der Waals surface area contributed by atoms with E-state index >= 15 is 0 Å². The maximum absolute atomic E-state index is 14.2. The lowest BCUT2D eigenvalue weighted by molar-refractivity contribution is 0.270. The Morgan fingerprint density at radius 2 is 2.05 bits per heavy atom. The molecule has 0 aliphatic rings. The Bertz CT molecular complexity index is 800. The van der Waals surface area contributed by atoms with Crippen LogP contribution in [0.1, 0.15) is 5.82 Å². The molecule has 6 heteroatoms. The Kier molecular flexibility index (Phi) is 3.19. The Hall–Kier alpha value is -1.92. The molecule has 0 saturated carbocycles. The Morgan fingerprint density at radius 1 is 1.25 bits per heavy atom. The van der Waals surface area contributed by atoms with E-state index in [4.69, 9.17) is 5.73 Å². The number of fused-ring (bicyclic) bond motifs is 1. The van der Waals surface area contributed by atoms with Crippen LogP contribution in [0, 0.1) is 5.82 Å². The number of benzene rings is 2. The Labute approximate surface area is 122 Å². The molecule has 0 fully saturated rings. The number of halogens is 2. The van der Waals surface area contributed by atoms with Crippen LogP contribution in [0.25, 0.3) is 16.7 Å². The van der Waals surface area contributed by atoms with E-state index in [2.05, 4.69) is 20.9 Å². The molecule has 20 heavy (non-hydrogen) atoms. The van der Waals surface area contributed by atoms with Gasteiger partial charge in [-0.25, -0.2) is 9.37 Å². The van der Waals surface area contributed by atoms with Crippen LogP contribution in [0.3, 0.4) is 0 Å². The van der Waals surface area contributed by atoms with Gasteiger partial charge < -0.3 is 10.8 Å². The molecule has 1 heterocycles. The fraction of sp³-hybridized carbons (Fsp3) is 0.0714. The van der Waals surface area contributed by atoms with Crippen molar-refractivity contribution in [3.63, 3.8) is 0 Å². The summed E-state index contributed by atoms with van der Waals surface area (Å²) < 4.78 is 16.4. The van der Waals surface area contributed by atoms with Gasteiger partial charge in [-0.05, 0) is 36.4 Å². The smallest absolute Gasteiger partial charge is 0.148 e. The van der Waals surface area contributed by atoms with Crippen LogP contribution in [-0.4, -0.2) is 14.7 Å². The van der Waals surface area contributed by atoms with Gasteiger partial charge in [0.25, 0.3) is 0 Å². The summed E-state index contributed by atoms with van der Waals surface area (Å²) in [6.45, 7) is -0.288. The van der Waals surface area contributed by atoms with Gasteiger partial charge in [-0.2, -0.15) is 0 Å². The van der Waals surface area contributed by atoms with Crippen LogP contribution in [0.15, 0.2) is 40.9 Å². The topological polar surface area (TPSA) is 64.1 Å². The van der Waals surface area contributed by atoms with Crippen molar-refractivity contribution in [1.82, 2.24) is 9.55 Å². The van der Waals surface area contributed by atoms with Gasteiger partial charge >= 0.3 is 0 Å². The van der Waals surface area contributed by atoms with Crippen LogP contribution in [0.5, 0.6) is 0 Å². The number of aromatic nitrogens is 2. The third-order valence-electron chi connectivity index (χ3n) is 3.04. The highest BCUT2D eigenvalue weighted by Gasteiger charge is 2.15. The lowest BCUT2D eigenvalue weighted by Gasteiger charge is -2.09. The van der Waals surface area contributed by atoms with Crippen molar-refractivity contribution in [3.8, 4) is 5.69 Å². The number of anilines is 1. The molecule has 4 nitrogen and oxygen atoms in total. The quantitative estimate of drug-likeness (QED) is 0.707. The van der Waals surface area contributed by atoms with E-state index < -0.39 is 5.82 Å². The van der Waals surface area contributed by atoms with Gasteiger partial charge in [0.15, 0.2) is 0 Å². The van der Waals surface area contributed by atoms with Crippen molar-refractivity contribution < 1.29 is 9.50 Å². The number of aliphatic hydroxyl groups excluding tert-OH is 1. The largest absolute Gasteiger partial charge is 0.399 e. The van der Waals surface area contributed by atoms with E-state index in [1.165, 1.54) is 6.07 Å². The Balaban J connectivity index is 2.34. The molecule has 2 aromatic carbocycles. The van der Waals surface area contributed by atoms with Crippen molar-refractivity contribution in [1.29, 1.82) is 0 Å². The van der Waals surface area contributed by atoms with Crippen LogP contribution < -0.4 is 5.73 Å². The maximum atomic E-state index is 14.2. The van der Waals surface area contributed by atoms with Gasteiger partial charge in [0.1, 0.15) is 18.2 Å². The fourth-order valence-electron chi connectivity index (χ4n) is 2.18. The molecule has 0 aliphatic carbocycles. The summed E-state index contributed by atoms with van der Waals surface area (Å²) in [6.07, 6.45) is 0.